The van der Waals surface area contributed by atoms with Crippen LogP contribution in [0.4, 0.5) is 0 Å². The maximum atomic E-state index is 11.2. The number of benzene rings is 2. The highest BCUT2D eigenvalue weighted by atomic mass is 35.5. The smallest absolute Gasteiger partial charge is 0.138 e. The lowest BCUT2D eigenvalue weighted by atomic mass is 9.90. The van der Waals surface area contributed by atoms with E-state index in [-0.39, 0.29) is 6.61 Å². The van der Waals surface area contributed by atoms with Crippen LogP contribution in [0.1, 0.15) is 23.4 Å². The molecule has 1 aliphatic rings. The van der Waals surface area contributed by atoms with Gasteiger partial charge in [-0.3, -0.25) is 4.90 Å². The number of β-amino-alcohol motifs (C(OH)–C–C–N with tert-alkyl or cyclic N) is 1. The topological polar surface area (TPSA) is 80.0 Å². The van der Waals surface area contributed by atoms with E-state index in [9.17, 15) is 10.2 Å². The second-order valence-electron chi connectivity index (χ2n) is 9.00. The van der Waals surface area contributed by atoms with E-state index in [0.717, 1.165) is 29.2 Å². The Morgan fingerprint density at radius 1 is 1.15 bits per heavy atom. The number of aromatic nitrogens is 2. The fourth-order valence-corrected chi connectivity index (χ4v) is 4.37. The van der Waals surface area contributed by atoms with Crippen LogP contribution >= 0.6 is 11.6 Å². The van der Waals surface area contributed by atoms with Gasteiger partial charge < -0.3 is 24.3 Å². The van der Waals surface area contributed by atoms with Gasteiger partial charge in [-0.1, -0.05) is 29.8 Å². The number of piperidine rings is 1. The first-order valence-corrected chi connectivity index (χ1v) is 11.9. The van der Waals surface area contributed by atoms with Gasteiger partial charge >= 0.3 is 0 Å². The summed E-state index contributed by atoms with van der Waals surface area (Å²) >= 11 is 6.22. The third kappa shape index (κ3) is 6.10. The summed E-state index contributed by atoms with van der Waals surface area (Å²) in [6.07, 6.45) is 3.34. The summed E-state index contributed by atoms with van der Waals surface area (Å²) in [5.74, 6) is 2.30. The standard InChI is InChI=1S/C26H32ClN3O4/c1-19-3-8-23(27)24(15-19)34-18-26(32)17-29(11-9-25(26)31)16-21-4-6-22(7-5-21)33-14-13-30-12-10-28-20(30)2/h3-8,10,12,15,25,31-32H,9,11,13-14,16-18H2,1-2H3/t25-,26-/m0/s1. The summed E-state index contributed by atoms with van der Waals surface area (Å²) in [6.45, 7) is 6.87. The first-order valence-electron chi connectivity index (χ1n) is 11.5. The average molecular weight is 486 g/mol. The molecule has 182 valence electrons. The molecule has 0 amide bonds. The van der Waals surface area contributed by atoms with Crippen LogP contribution in [0, 0.1) is 13.8 Å². The molecule has 2 N–H and O–H groups in total. The van der Waals surface area contributed by atoms with E-state index in [1.54, 1.807) is 12.3 Å². The Balaban J connectivity index is 1.30. The summed E-state index contributed by atoms with van der Waals surface area (Å²) < 4.78 is 13.7. The summed E-state index contributed by atoms with van der Waals surface area (Å²) in [4.78, 5) is 6.34. The van der Waals surface area contributed by atoms with Gasteiger partial charge in [-0.15, -0.1) is 0 Å². The molecular weight excluding hydrogens is 454 g/mol. The predicted molar refractivity (Wildman–Crippen MR) is 131 cm³/mol. The molecule has 1 fully saturated rings. The van der Waals surface area contributed by atoms with E-state index in [0.29, 0.717) is 43.4 Å². The number of nitrogens with zero attached hydrogens (tertiary/aromatic N) is 3. The highest BCUT2D eigenvalue weighted by Gasteiger charge is 2.42. The molecule has 0 radical (unpaired) electrons. The van der Waals surface area contributed by atoms with E-state index >= 15 is 0 Å². The number of aliphatic hydroxyl groups excluding tert-OH is 1. The van der Waals surface area contributed by atoms with Gasteiger partial charge in [0.15, 0.2) is 0 Å². The van der Waals surface area contributed by atoms with Crippen molar-refractivity contribution < 1.29 is 19.7 Å². The first-order chi connectivity index (χ1) is 16.3. The minimum absolute atomic E-state index is 0.0307. The molecule has 0 saturated carbocycles. The van der Waals surface area contributed by atoms with Crippen LogP contribution in [0.3, 0.4) is 0 Å². The van der Waals surface area contributed by atoms with Crippen molar-refractivity contribution in [2.24, 2.45) is 0 Å². The summed E-state index contributed by atoms with van der Waals surface area (Å²) in [5.41, 5.74) is 0.750. The molecule has 4 rings (SSSR count). The third-order valence-electron chi connectivity index (χ3n) is 6.25. The van der Waals surface area contributed by atoms with Gasteiger partial charge in [0.2, 0.25) is 0 Å². The molecule has 0 spiro atoms. The Morgan fingerprint density at radius 3 is 2.68 bits per heavy atom. The van der Waals surface area contributed by atoms with Crippen molar-refractivity contribution in [3.05, 3.63) is 76.8 Å². The Labute approximate surface area is 205 Å². The lowest BCUT2D eigenvalue weighted by molar-refractivity contribution is -0.140. The summed E-state index contributed by atoms with van der Waals surface area (Å²) in [6, 6.07) is 13.5. The zero-order valence-corrected chi connectivity index (χ0v) is 20.4. The van der Waals surface area contributed by atoms with E-state index in [2.05, 4.69) is 14.5 Å². The molecule has 1 aromatic heterocycles. The van der Waals surface area contributed by atoms with Crippen molar-refractivity contribution in [1.82, 2.24) is 14.5 Å². The van der Waals surface area contributed by atoms with Gasteiger partial charge in [-0.05, 0) is 55.7 Å². The molecule has 3 aromatic rings. The lowest BCUT2D eigenvalue weighted by Gasteiger charge is -2.42. The molecule has 2 atom stereocenters. The molecule has 0 unspecified atom stereocenters. The van der Waals surface area contributed by atoms with Crippen LogP contribution in [0.25, 0.3) is 0 Å². The largest absolute Gasteiger partial charge is 0.492 e. The van der Waals surface area contributed by atoms with Crippen molar-refractivity contribution in [2.75, 3.05) is 26.3 Å². The van der Waals surface area contributed by atoms with Crippen molar-refractivity contribution in [3.63, 3.8) is 0 Å². The maximum absolute atomic E-state index is 11.2. The second kappa shape index (κ2) is 10.8. The Hall–Kier alpha value is -2.58. The lowest BCUT2D eigenvalue weighted by Crippen LogP contribution is -2.59. The van der Waals surface area contributed by atoms with Crippen LogP contribution in [0.2, 0.25) is 5.02 Å². The SMILES string of the molecule is Cc1ccc(Cl)c(OC[C@@]2(O)CN(Cc3ccc(OCCn4ccnc4C)cc3)CC[C@@H]2O)c1. The molecular formula is C26H32ClN3O4. The van der Waals surface area contributed by atoms with Crippen LogP contribution in [-0.2, 0) is 13.1 Å². The number of imidazole rings is 1. The fourth-order valence-electron chi connectivity index (χ4n) is 4.20. The Kier molecular flexibility index (Phi) is 7.78. The normalized spacial score (nSPS) is 20.9. The van der Waals surface area contributed by atoms with Crippen molar-refractivity contribution in [1.29, 1.82) is 0 Å². The minimum Gasteiger partial charge on any atom is -0.492 e. The number of ether oxygens (including phenoxy) is 2. The monoisotopic (exact) mass is 485 g/mol. The van der Waals surface area contributed by atoms with Gasteiger partial charge in [0.1, 0.15) is 36.1 Å². The van der Waals surface area contributed by atoms with Gasteiger partial charge in [0.25, 0.3) is 0 Å². The molecule has 2 heterocycles. The zero-order chi connectivity index (χ0) is 24.1. The van der Waals surface area contributed by atoms with Gasteiger partial charge in [-0.2, -0.15) is 0 Å². The second-order valence-corrected chi connectivity index (χ2v) is 9.41. The van der Waals surface area contributed by atoms with Crippen LogP contribution in [0.5, 0.6) is 11.5 Å². The summed E-state index contributed by atoms with van der Waals surface area (Å²) in [5, 5.41) is 22.2. The van der Waals surface area contributed by atoms with E-state index in [1.807, 2.05) is 56.4 Å². The van der Waals surface area contributed by atoms with E-state index in [1.165, 1.54) is 0 Å². The molecule has 7 nitrogen and oxygen atoms in total. The molecule has 34 heavy (non-hydrogen) atoms. The molecule has 0 aliphatic carbocycles. The number of aryl methyl sites for hydroxylation is 2. The zero-order valence-electron chi connectivity index (χ0n) is 19.7. The minimum atomic E-state index is -1.38. The number of aliphatic hydroxyl groups is 2. The Bertz CT molecular complexity index is 1090. The molecule has 8 heteroatoms. The Morgan fingerprint density at radius 2 is 1.94 bits per heavy atom. The van der Waals surface area contributed by atoms with Crippen molar-refractivity contribution in [3.8, 4) is 11.5 Å². The number of hydrogen-bond donors (Lipinski definition) is 2. The van der Waals surface area contributed by atoms with Crippen molar-refractivity contribution >= 4 is 11.6 Å². The van der Waals surface area contributed by atoms with Gasteiger partial charge in [0.05, 0.1) is 17.7 Å². The maximum Gasteiger partial charge on any atom is 0.138 e. The van der Waals surface area contributed by atoms with Gasteiger partial charge in [0, 0.05) is 32.0 Å². The molecule has 1 aliphatic heterocycles. The van der Waals surface area contributed by atoms with E-state index in [4.69, 9.17) is 21.1 Å². The number of halogens is 1. The number of rotatable bonds is 9. The van der Waals surface area contributed by atoms with E-state index < -0.39 is 11.7 Å². The number of likely N-dealkylation sites (tertiary alicyclic amines) is 1. The third-order valence-corrected chi connectivity index (χ3v) is 6.57. The quantitative estimate of drug-likeness (QED) is 0.482. The summed E-state index contributed by atoms with van der Waals surface area (Å²) in [7, 11) is 0. The molecule has 0 bridgehead atoms. The molecule has 2 aromatic carbocycles. The highest BCUT2D eigenvalue weighted by molar-refractivity contribution is 6.32. The van der Waals surface area contributed by atoms with Crippen LogP contribution in [0.15, 0.2) is 54.9 Å². The van der Waals surface area contributed by atoms with Gasteiger partial charge in [-0.25, -0.2) is 4.98 Å². The first kappa shape index (κ1) is 24.5. The van der Waals surface area contributed by atoms with Crippen LogP contribution < -0.4 is 9.47 Å². The highest BCUT2D eigenvalue weighted by Crippen LogP contribution is 2.29. The number of hydrogen-bond acceptors (Lipinski definition) is 6. The fraction of sp³-hybridized carbons (Fsp3) is 0.423. The van der Waals surface area contributed by atoms with Crippen molar-refractivity contribution in [2.45, 2.75) is 45.1 Å². The van der Waals surface area contributed by atoms with Crippen LogP contribution in [-0.4, -0.2) is 62.7 Å². The molecule has 1 saturated heterocycles. The average Bonchev–Trinajstić information content (AvgIpc) is 3.23. The predicted octanol–water partition coefficient (Wildman–Crippen LogP) is 3.61.